The molecule has 1 saturated carbocycles. The SMILES string of the molecule is CC1CCC(C)N1C1CCCN(CCC(=O)NC2CCCCC2)C1. The second-order valence-corrected chi connectivity index (χ2v) is 8.47. The molecule has 3 atom stereocenters. The van der Waals surface area contributed by atoms with E-state index in [9.17, 15) is 4.79 Å². The number of amides is 1. The fourth-order valence-corrected chi connectivity index (χ4v) is 5.22. The van der Waals surface area contributed by atoms with Crippen molar-refractivity contribution in [2.45, 2.75) is 102 Å². The minimum Gasteiger partial charge on any atom is -0.353 e. The van der Waals surface area contributed by atoms with Crippen molar-refractivity contribution in [3.05, 3.63) is 0 Å². The van der Waals surface area contributed by atoms with E-state index in [1.807, 2.05) is 0 Å². The van der Waals surface area contributed by atoms with Crippen LogP contribution in [0.5, 0.6) is 0 Å². The van der Waals surface area contributed by atoms with Crippen molar-refractivity contribution in [2.24, 2.45) is 0 Å². The lowest BCUT2D eigenvalue weighted by Gasteiger charge is -2.41. The maximum Gasteiger partial charge on any atom is 0.221 e. The van der Waals surface area contributed by atoms with Gasteiger partial charge in [0.15, 0.2) is 0 Å². The summed E-state index contributed by atoms with van der Waals surface area (Å²) in [4.78, 5) is 17.5. The summed E-state index contributed by atoms with van der Waals surface area (Å²) in [5.41, 5.74) is 0. The molecule has 0 spiro atoms. The van der Waals surface area contributed by atoms with E-state index in [-0.39, 0.29) is 5.91 Å². The lowest BCUT2D eigenvalue weighted by Crippen LogP contribution is -2.51. The van der Waals surface area contributed by atoms with Gasteiger partial charge in [0.05, 0.1) is 0 Å². The highest BCUT2D eigenvalue weighted by Gasteiger charge is 2.35. The zero-order chi connectivity index (χ0) is 16.9. The Morgan fingerprint density at radius 3 is 2.38 bits per heavy atom. The van der Waals surface area contributed by atoms with Gasteiger partial charge in [-0.2, -0.15) is 0 Å². The standard InChI is InChI=1S/C20H37N3O/c1-16-10-11-17(2)23(16)19-9-6-13-22(15-19)14-12-20(24)21-18-7-4-3-5-8-18/h16-19H,3-15H2,1-2H3,(H,21,24). The van der Waals surface area contributed by atoms with Gasteiger partial charge in [0.25, 0.3) is 0 Å². The number of nitrogens with one attached hydrogen (secondary N) is 1. The van der Waals surface area contributed by atoms with Gasteiger partial charge < -0.3 is 10.2 Å². The average Bonchev–Trinajstić information content (AvgIpc) is 2.93. The third-order valence-electron chi connectivity index (χ3n) is 6.55. The van der Waals surface area contributed by atoms with E-state index in [0.717, 1.165) is 25.2 Å². The highest BCUT2D eigenvalue weighted by Crippen LogP contribution is 2.29. The van der Waals surface area contributed by atoms with Crippen molar-refractivity contribution in [3.63, 3.8) is 0 Å². The predicted octanol–water partition coefficient (Wildman–Crippen LogP) is 3.16. The van der Waals surface area contributed by atoms with Gasteiger partial charge in [0.2, 0.25) is 5.91 Å². The molecular weight excluding hydrogens is 298 g/mol. The molecule has 2 heterocycles. The first-order valence-electron chi connectivity index (χ1n) is 10.4. The minimum absolute atomic E-state index is 0.270. The van der Waals surface area contributed by atoms with Gasteiger partial charge in [0, 0.05) is 43.7 Å². The highest BCUT2D eigenvalue weighted by molar-refractivity contribution is 5.76. The zero-order valence-electron chi connectivity index (χ0n) is 15.8. The number of hydrogen-bond acceptors (Lipinski definition) is 3. The zero-order valence-corrected chi connectivity index (χ0v) is 15.8. The van der Waals surface area contributed by atoms with Crippen molar-refractivity contribution >= 4 is 5.91 Å². The van der Waals surface area contributed by atoms with Crippen LogP contribution in [0.25, 0.3) is 0 Å². The molecule has 3 aliphatic rings. The van der Waals surface area contributed by atoms with Gasteiger partial charge in [-0.1, -0.05) is 19.3 Å². The molecule has 4 heteroatoms. The van der Waals surface area contributed by atoms with E-state index in [4.69, 9.17) is 0 Å². The first-order chi connectivity index (χ1) is 11.6. The average molecular weight is 336 g/mol. The van der Waals surface area contributed by atoms with Crippen LogP contribution in [0, 0.1) is 0 Å². The van der Waals surface area contributed by atoms with Gasteiger partial charge in [-0.15, -0.1) is 0 Å². The van der Waals surface area contributed by atoms with E-state index in [1.54, 1.807) is 0 Å². The van der Waals surface area contributed by atoms with Crippen molar-refractivity contribution in [2.75, 3.05) is 19.6 Å². The smallest absolute Gasteiger partial charge is 0.221 e. The van der Waals surface area contributed by atoms with Crippen molar-refractivity contribution in [1.29, 1.82) is 0 Å². The molecule has 2 aliphatic heterocycles. The van der Waals surface area contributed by atoms with Crippen molar-refractivity contribution < 1.29 is 4.79 Å². The first-order valence-corrected chi connectivity index (χ1v) is 10.4. The predicted molar refractivity (Wildman–Crippen MR) is 99.1 cm³/mol. The van der Waals surface area contributed by atoms with Crippen molar-refractivity contribution in [1.82, 2.24) is 15.1 Å². The van der Waals surface area contributed by atoms with Crippen LogP contribution in [0.3, 0.4) is 0 Å². The Hall–Kier alpha value is -0.610. The van der Waals surface area contributed by atoms with Crippen LogP contribution in [-0.2, 0) is 4.79 Å². The van der Waals surface area contributed by atoms with E-state index in [2.05, 4.69) is 29.0 Å². The van der Waals surface area contributed by atoms with Crippen LogP contribution in [0.2, 0.25) is 0 Å². The summed E-state index contributed by atoms with van der Waals surface area (Å²) in [6.45, 7) is 8.04. The Labute approximate surface area is 148 Å². The van der Waals surface area contributed by atoms with Gasteiger partial charge in [-0.3, -0.25) is 9.69 Å². The van der Waals surface area contributed by atoms with Crippen LogP contribution in [-0.4, -0.2) is 59.5 Å². The van der Waals surface area contributed by atoms with Crippen LogP contribution < -0.4 is 5.32 Å². The number of likely N-dealkylation sites (tertiary alicyclic amines) is 2. The number of carbonyl (C=O) groups excluding carboxylic acids is 1. The maximum atomic E-state index is 12.2. The summed E-state index contributed by atoms with van der Waals surface area (Å²) in [5.74, 6) is 0.270. The highest BCUT2D eigenvalue weighted by atomic mass is 16.1. The van der Waals surface area contributed by atoms with Crippen LogP contribution in [0.15, 0.2) is 0 Å². The number of hydrogen-bond donors (Lipinski definition) is 1. The Bertz CT molecular complexity index is 398. The van der Waals surface area contributed by atoms with Crippen LogP contribution >= 0.6 is 0 Å². The Morgan fingerprint density at radius 2 is 1.67 bits per heavy atom. The molecule has 0 radical (unpaired) electrons. The van der Waals surface area contributed by atoms with Gasteiger partial charge >= 0.3 is 0 Å². The molecule has 3 fully saturated rings. The number of rotatable bonds is 5. The molecule has 1 amide bonds. The largest absolute Gasteiger partial charge is 0.353 e. The molecule has 1 aliphatic carbocycles. The number of piperidine rings is 1. The second kappa shape index (κ2) is 8.66. The fraction of sp³-hybridized carbons (Fsp3) is 0.950. The van der Waals surface area contributed by atoms with E-state index < -0.39 is 0 Å². The molecule has 1 N–H and O–H groups in total. The van der Waals surface area contributed by atoms with Gasteiger partial charge in [0.1, 0.15) is 0 Å². The molecule has 138 valence electrons. The Balaban J connectivity index is 1.41. The lowest BCUT2D eigenvalue weighted by molar-refractivity contribution is -0.122. The van der Waals surface area contributed by atoms with Gasteiger partial charge in [-0.25, -0.2) is 0 Å². The summed E-state index contributed by atoms with van der Waals surface area (Å²) in [6, 6.07) is 2.62. The molecule has 4 nitrogen and oxygen atoms in total. The van der Waals surface area contributed by atoms with E-state index in [0.29, 0.717) is 18.5 Å². The third-order valence-corrected chi connectivity index (χ3v) is 6.55. The summed E-state index contributed by atoms with van der Waals surface area (Å²) in [5, 5.41) is 3.26. The number of nitrogens with zero attached hydrogens (tertiary/aromatic N) is 2. The van der Waals surface area contributed by atoms with Crippen LogP contribution in [0.4, 0.5) is 0 Å². The summed E-state index contributed by atoms with van der Waals surface area (Å²) < 4.78 is 0. The fourth-order valence-electron chi connectivity index (χ4n) is 5.22. The quantitative estimate of drug-likeness (QED) is 0.838. The van der Waals surface area contributed by atoms with Gasteiger partial charge in [-0.05, 0) is 58.9 Å². The molecule has 3 rings (SSSR count). The molecule has 3 unspecified atom stereocenters. The summed E-state index contributed by atoms with van der Waals surface area (Å²) in [7, 11) is 0. The van der Waals surface area contributed by atoms with Crippen LogP contribution in [0.1, 0.15) is 78.1 Å². The summed E-state index contributed by atoms with van der Waals surface area (Å²) >= 11 is 0. The molecule has 2 saturated heterocycles. The van der Waals surface area contributed by atoms with E-state index >= 15 is 0 Å². The number of carbonyl (C=O) groups is 1. The monoisotopic (exact) mass is 335 g/mol. The second-order valence-electron chi connectivity index (χ2n) is 8.47. The third kappa shape index (κ3) is 4.72. The maximum absolute atomic E-state index is 12.2. The molecule has 0 aromatic rings. The lowest BCUT2D eigenvalue weighted by atomic mass is 9.95. The topological polar surface area (TPSA) is 35.6 Å². The Morgan fingerprint density at radius 1 is 0.958 bits per heavy atom. The van der Waals surface area contributed by atoms with Crippen molar-refractivity contribution in [3.8, 4) is 0 Å². The first kappa shape index (κ1) is 18.2. The molecule has 0 aromatic carbocycles. The molecule has 24 heavy (non-hydrogen) atoms. The summed E-state index contributed by atoms with van der Waals surface area (Å²) in [6.07, 6.45) is 12.3. The minimum atomic E-state index is 0.270. The van der Waals surface area contributed by atoms with E-state index in [1.165, 1.54) is 64.3 Å². The molecular formula is C20H37N3O. The normalized spacial score (nSPS) is 33.7. The Kier molecular flexibility index (Phi) is 6.56. The molecule has 0 bridgehead atoms. The molecule has 0 aromatic heterocycles.